The van der Waals surface area contributed by atoms with Gasteiger partial charge in [-0.2, -0.15) is 5.10 Å². The summed E-state index contributed by atoms with van der Waals surface area (Å²) in [5.74, 6) is -0.157. The highest BCUT2D eigenvalue weighted by molar-refractivity contribution is 5.88. The predicted octanol–water partition coefficient (Wildman–Crippen LogP) is 2.21. The fourth-order valence-electron chi connectivity index (χ4n) is 2.41. The van der Waals surface area contributed by atoms with Crippen molar-refractivity contribution in [3.8, 4) is 0 Å². The van der Waals surface area contributed by atoms with Gasteiger partial charge in [-0.1, -0.05) is 6.92 Å². The van der Waals surface area contributed by atoms with Gasteiger partial charge in [-0.3, -0.25) is 4.68 Å². The average molecular weight is 252 g/mol. The summed E-state index contributed by atoms with van der Waals surface area (Å²) in [5, 5.41) is 13.0. The number of hydrogen-bond donors (Lipinski definition) is 1. The molecule has 1 saturated carbocycles. The fraction of sp³-hybridized carbons (Fsp3) is 0.692. The highest BCUT2D eigenvalue weighted by Gasteiger charge is 2.21. The molecular formula is C13H20N2O3. The van der Waals surface area contributed by atoms with Crippen LogP contribution in [0.1, 0.15) is 48.7 Å². The van der Waals surface area contributed by atoms with E-state index in [2.05, 4.69) is 12.0 Å². The Morgan fingerprint density at radius 3 is 2.78 bits per heavy atom. The van der Waals surface area contributed by atoms with Crippen LogP contribution in [-0.2, 0) is 18.4 Å². The lowest BCUT2D eigenvalue weighted by Crippen LogP contribution is -2.21. The maximum Gasteiger partial charge on any atom is 0.339 e. The number of rotatable bonds is 4. The van der Waals surface area contributed by atoms with Crippen molar-refractivity contribution in [3.05, 3.63) is 17.5 Å². The number of aryl methyl sites for hydroxylation is 1. The van der Waals surface area contributed by atoms with E-state index in [4.69, 9.17) is 9.84 Å². The third-order valence-electron chi connectivity index (χ3n) is 3.71. The maximum atomic E-state index is 11.0. The summed E-state index contributed by atoms with van der Waals surface area (Å²) in [6.07, 6.45) is 6.17. The molecule has 1 aromatic rings. The van der Waals surface area contributed by atoms with Crippen molar-refractivity contribution < 1.29 is 14.6 Å². The van der Waals surface area contributed by atoms with Gasteiger partial charge >= 0.3 is 5.97 Å². The molecule has 100 valence electrons. The second-order valence-electron chi connectivity index (χ2n) is 5.13. The van der Waals surface area contributed by atoms with Crippen molar-refractivity contribution in [1.29, 1.82) is 0 Å². The molecule has 1 aliphatic carbocycles. The molecule has 1 N–H and O–H groups in total. The monoisotopic (exact) mass is 252 g/mol. The largest absolute Gasteiger partial charge is 0.478 e. The molecule has 0 aromatic carbocycles. The van der Waals surface area contributed by atoms with Crippen LogP contribution >= 0.6 is 0 Å². The molecule has 0 aliphatic heterocycles. The van der Waals surface area contributed by atoms with Crippen molar-refractivity contribution in [2.75, 3.05) is 0 Å². The van der Waals surface area contributed by atoms with Gasteiger partial charge in [0.1, 0.15) is 5.56 Å². The first kappa shape index (κ1) is 13.1. The van der Waals surface area contributed by atoms with Crippen molar-refractivity contribution in [3.63, 3.8) is 0 Å². The number of aromatic nitrogens is 2. The molecule has 1 aliphatic rings. The number of nitrogens with zero attached hydrogens (tertiary/aromatic N) is 2. The fourth-order valence-corrected chi connectivity index (χ4v) is 2.41. The second-order valence-corrected chi connectivity index (χ2v) is 5.13. The van der Waals surface area contributed by atoms with E-state index in [0.29, 0.717) is 12.3 Å². The minimum atomic E-state index is -0.945. The molecule has 1 fully saturated rings. The van der Waals surface area contributed by atoms with Gasteiger partial charge in [-0.25, -0.2) is 4.79 Å². The molecular weight excluding hydrogens is 232 g/mol. The highest BCUT2D eigenvalue weighted by Crippen LogP contribution is 2.26. The average Bonchev–Trinajstić information content (AvgIpc) is 2.70. The lowest BCUT2D eigenvalue weighted by Gasteiger charge is -2.26. The SMILES string of the molecule is CC1CCC(OCc2c(C(=O)O)cnn2C)CC1. The van der Waals surface area contributed by atoms with Gasteiger partial charge in [-0.05, 0) is 31.6 Å². The summed E-state index contributed by atoms with van der Waals surface area (Å²) in [6.45, 7) is 2.59. The third kappa shape index (κ3) is 2.90. The smallest absolute Gasteiger partial charge is 0.339 e. The van der Waals surface area contributed by atoms with Crippen LogP contribution in [0.25, 0.3) is 0 Å². The second kappa shape index (κ2) is 5.52. The van der Waals surface area contributed by atoms with Crippen LogP contribution in [0, 0.1) is 5.92 Å². The zero-order valence-electron chi connectivity index (χ0n) is 10.9. The molecule has 0 radical (unpaired) electrons. The maximum absolute atomic E-state index is 11.0. The molecule has 5 nitrogen and oxygen atoms in total. The zero-order valence-corrected chi connectivity index (χ0v) is 10.9. The Morgan fingerprint density at radius 2 is 2.17 bits per heavy atom. The molecule has 18 heavy (non-hydrogen) atoms. The molecule has 0 amide bonds. The minimum absolute atomic E-state index is 0.238. The van der Waals surface area contributed by atoms with Gasteiger partial charge in [0, 0.05) is 7.05 Å². The van der Waals surface area contributed by atoms with Crippen molar-refractivity contribution in [2.45, 2.75) is 45.3 Å². The van der Waals surface area contributed by atoms with Gasteiger partial charge in [0.05, 0.1) is 24.6 Å². The Hall–Kier alpha value is -1.36. The van der Waals surface area contributed by atoms with Crippen LogP contribution in [0.3, 0.4) is 0 Å². The van der Waals surface area contributed by atoms with E-state index in [9.17, 15) is 4.79 Å². The zero-order chi connectivity index (χ0) is 13.1. The normalized spacial score (nSPS) is 24.1. The Labute approximate surface area is 107 Å². The number of carbonyl (C=O) groups is 1. The van der Waals surface area contributed by atoms with E-state index in [0.717, 1.165) is 18.8 Å². The Morgan fingerprint density at radius 1 is 1.50 bits per heavy atom. The lowest BCUT2D eigenvalue weighted by atomic mass is 9.89. The first-order chi connectivity index (χ1) is 8.58. The summed E-state index contributed by atoms with van der Waals surface area (Å²) in [6, 6.07) is 0. The van der Waals surface area contributed by atoms with Crippen LogP contribution in [0.2, 0.25) is 0 Å². The summed E-state index contributed by atoms with van der Waals surface area (Å²) in [7, 11) is 1.74. The Balaban J connectivity index is 1.94. The number of aromatic carboxylic acids is 1. The van der Waals surface area contributed by atoms with E-state index in [1.807, 2.05) is 0 Å². The van der Waals surface area contributed by atoms with Gasteiger partial charge < -0.3 is 9.84 Å². The van der Waals surface area contributed by atoms with Gasteiger partial charge in [0.2, 0.25) is 0 Å². The van der Waals surface area contributed by atoms with E-state index in [-0.39, 0.29) is 11.7 Å². The molecule has 5 heteroatoms. The Bertz CT molecular complexity index is 420. The molecule has 2 rings (SSSR count). The van der Waals surface area contributed by atoms with Gasteiger partial charge in [0.15, 0.2) is 0 Å². The van der Waals surface area contributed by atoms with Crippen molar-refractivity contribution >= 4 is 5.97 Å². The van der Waals surface area contributed by atoms with Crippen molar-refractivity contribution in [2.24, 2.45) is 13.0 Å². The number of carboxylic acids is 1. The number of hydrogen-bond acceptors (Lipinski definition) is 3. The molecule has 0 spiro atoms. The van der Waals surface area contributed by atoms with E-state index < -0.39 is 5.97 Å². The third-order valence-corrected chi connectivity index (χ3v) is 3.71. The molecule has 1 aromatic heterocycles. The minimum Gasteiger partial charge on any atom is -0.478 e. The quantitative estimate of drug-likeness (QED) is 0.892. The number of ether oxygens (including phenoxy) is 1. The first-order valence-electron chi connectivity index (χ1n) is 6.43. The standard InChI is InChI=1S/C13H20N2O3/c1-9-3-5-10(6-4-9)18-8-12-11(13(16)17)7-14-15(12)2/h7,9-10H,3-6,8H2,1-2H3,(H,16,17). The molecule has 1 heterocycles. The molecule has 0 unspecified atom stereocenters. The van der Waals surface area contributed by atoms with Gasteiger partial charge in [-0.15, -0.1) is 0 Å². The molecule has 0 atom stereocenters. The topological polar surface area (TPSA) is 64.3 Å². The van der Waals surface area contributed by atoms with Crippen molar-refractivity contribution in [1.82, 2.24) is 9.78 Å². The van der Waals surface area contributed by atoms with E-state index >= 15 is 0 Å². The summed E-state index contributed by atoms with van der Waals surface area (Å²) in [4.78, 5) is 11.0. The number of carboxylic acid groups (broad SMARTS) is 1. The summed E-state index contributed by atoms with van der Waals surface area (Å²) < 4.78 is 7.40. The first-order valence-corrected chi connectivity index (χ1v) is 6.43. The van der Waals surface area contributed by atoms with Crippen LogP contribution in [0.5, 0.6) is 0 Å². The Kier molecular flexibility index (Phi) is 4.01. The van der Waals surface area contributed by atoms with E-state index in [1.54, 1.807) is 11.7 Å². The van der Waals surface area contributed by atoms with E-state index in [1.165, 1.54) is 19.0 Å². The van der Waals surface area contributed by atoms with Crippen LogP contribution < -0.4 is 0 Å². The van der Waals surface area contributed by atoms with Crippen LogP contribution in [0.15, 0.2) is 6.20 Å². The predicted molar refractivity (Wildman–Crippen MR) is 66.4 cm³/mol. The molecule has 0 bridgehead atoms. The van der Waals surface area contributed by atoms with Gasteiger partial charge in [0.25, 0.3) is 0 Å². The lowest BCUT2D eigenvalue weighted by molar-refractivity contribution is 0.00545. The summed E-state index contributed by atoms with van der Waals surface area (Å²) >= 11 is 0. The summed E-state index contributed by atoms with van der Waals surface area (Å²) in [5.41, 5.74) is 0.878. The van der Waals surface area contributed by atoms with Crippen LogP contribution in [-0.4, -0.2) is 27.0 Å². The van der Waals surface area contributed by atoms with Crippen LogP contribution in [0.4, 0.5) is 0 Å². The highest BCUT2D eigenvalue weighted by atomic mass is 16.5. The molecule has 0 saturated heterocycles.